The molecule has 4 aromatic rings. The van der Waals surface area contributed by atoms with Crippen LogP contribution in [0.15, 0.2) is 30.3 Å². The summed E-state index contributed by atoms with van der Waals surface area (Å²) >= 11 is 1.94. The number of aromatic nitrogens is 1. The first-order valence-electron chi connectivity index (χ1n) is 7.53. The highest BCUT2D eigenvalue weighted by Gasteiger charge is 2.16. The molecule has 0 saturated heterocycles. The van der Waals surface area contributed by atoms with Gasteiger partial charge in [-0.25, -0.2) is 0 Å². The van der Waals surface area contributed by atoms with E-state index in [1.165, 1.54) is 47.9 Å². The van der Waals surface area contributed by atoms with Gasteiger partial charge in [0.05, 0.1) is 5.52 Å². The molecule has 0 spiro atoms. The molecule has 0 unspecified atom stereocenters. The smallest absolute Gasteiger partial charge is 0.0501 e. The number of para-hydroxylation sites is 1. The molecule has 2 heterocycles. The topological polar surface area (TPSA) is 4.93 Å². The van der Waals surface area contributed by atoms with Crippen LogP contribution < -0.4 is 0 Å². The molecule has 0 amide bonds. The van der Waals surface area contributed by atoms with Crippen LogP contribution in [0.1, 0.15) is 22.9 Å². The van der Waals surface area contributed by atoms with Crippen molar-refractivity contribution in [1.82, 2.24) is 4.57 Å². The second-order valence-electron chi connectivity index (χ2n) is 5.82. The normalized spacial score (nSPS) is 12.0. The Morgan fingerprint density at radius 3 is 2.48 bits per heavy atom. The molecule has 0 bridgehead atoms. The average molecular weight is 293 g/mol. The van der Waals surface area contributed by atoms with Crippen LogP contribution in [-0.2, 0) is 6.54 Å². The molecule has 0 aliphatic carbocycles. The van der Waals surface area contributed by atoms with Gasteiger partial charge in [0.25, 0.3) is 0 Å². The van der Waals surface area contributed by atoms with Crippen molar-refractivity contribution in [1.29, 1.82) is 0 Å². The predicted molar refractivity (Wildman–Crippen MR) is 94.7 cm³/mol. The summed E-state index contributed by atoms with van der Waals surface area (Å²) in [5, 5.41) is 4.25. The van der Waals surface area contributed by atoms with Gasteiger partial charge in [-0.2, -0.15) is 0 Å². The number of hydrogen-bond acceptors (Lipinski definition) is 1. The van der Waals surface area contributed by atoms with Gasteiger partial charge in [-0.3, -0.25) is 0 Å². The standard InChI is InChI=1S/C19H19NS/c1-5-20-16-9-7-6-8-14(16)18-12(3)19-15(10-17(18)20)11(2)13(4)21-19/h6-10H,5H2,1-4H3. The van der Waals surface area contributed by atoms with Crippen molar-refractivity contribution in [2.75, 3.05) is 0 Å². The number of rotatable bonds is 1. The summed E-state index contributed by atoms with van der Waals surface area (Å²) in [6.45, 7) is 10.0. The molecule has 0 aliphatic heterocycles. The van der Waals surface area contributed by atoms with Gasteiger partial charge in [-0.1, -0.05) is 18.2 Å². The van der Waals surface area contributed by atoms with Crippen LogP contribution in [0.2, 0.25) is 0 Å². The van der Waals surface area contributed by atoms with E-state index in [4.69, 9.17) is 0 Å². The van der Waals surface area contributed by atoms with E-state index in [9.17, 15) is 0 Å². The Kier molecular flexibility index (Phi) is 2.67. The summed E-state index contributed by atoms with van der Waals surface area (Å²) in [7, 11) is 0. The summed E-state index contributed by atoms with van der Waals surface area (Å²) < 4.78 is 3.90. The second kappa shape index (κ2) is 4.35. The van der Waals surface area contributed by atoms with Crippen molar-refractivity contribution in [3.8, 4) is 0 Å². The first-order chi connectivity index (χ1) is 10.1. The average Bonchev–Trinajstić information content (AvgIpc) is 2.96. The number of fused-ring (bicyclic) bond motifs is 4. The molecular formula is C19H19NS. The van der Waals surface area contributed by atoms with Gasteiger partial charge in [0.15, 0.2) is 0 Å². The maximum Gasteiger partial charge on any atom is 0.0501 e. The first-order valence-corrected chi connectivity index (χ1v) is 8.35. The zero-order chi connectivity index (χ0) is 14.7. The maximum atomic E-state index is 2.45. The van der Waals surface area contributed by atoms with E-state index in [1.807, 2.05) is 11.3 Å². The number of thiophene rings is 1. The van der Waals surface area contributed by atoms with Gasteiger partial charge in [-0.05, 0) is 56.3 Å². The third kappa shape index (κ3) is 1.57. The van der Waals surface area contributed by atoms with Gasteiger partial charge in [0.1, 0.15) is 0 Å². The number of aryl methyl sites for hydroxylation is 4. The molecule has 0 atom stereocenters. The number of benzene rings is 2. The van der Waals surface area contributed by atoms with E-state index in [0.717, 1.165) is 6.54 Å². The molecular weight excluding hydrogens is 274 g/mol. The van der Waals surface area contributed by atoms with Crippen LogP contribution in [0.4, 0.5) is 0 Å². The fourth-order valence-corrected chi connectivity index (χ4v) is 4.70. The van der Waals surface area contributed by atoms with Gasteiger partial charge >= 0.3 is 0 Å². The predicted octanol–water partition coefficient (Wildman–Crippen LogP) is 5.95. The Morgan fingerprint density at radius 2 is 1.71 bits per heavy atom. The molecule has 1 nitrogen and oxygen atoms in total. The van der Waals surface area contributed by atoms with Crippen LogP contribution in [0.3, 0.4) is 0 Å². The third-order valence-corrected chi connectivity index (χ3v) is 6.10. The number of hydrogen-bond donors (Lipinski definition) is 0. The van der Waals surface area contributed by atoms with Crippen LogP contribution in [-0.4, -0.2) is 4.57 Å². The molecule has 0 fully saturated rings. The Balaban J connectivity index is 2.34. The molecule has 0 radical (unpaired) electrons. The Morgan fingerprint density at radius 1 is 0.952 bits per heavy atom. The molecule has 4 rings (SSSR count). The summed E-state index contributed by atoms with van der Waals surface area (Å²) in [5.41, 5.74) is 5.61. The third-order valence-electron chi connectivity index (χ3n) is 4.76. The summed E-state index contributed by atoms with van der Waals surface area (Å²) in [6.07, 6.45) is 0. The molecule has 0 saturated carbocycles. The highest BCUT2D eigenvalue weighted by Crippen LogP contribution is 2.40. The van der Waals surface area contributed by atoms with Crippen molar-refractivity contribution < 1.29 is 0 Å². The van der Waals surface area contributed by atoms with Crippen molar-refractivity contribution in [2.45, 2.75) is 34.2 Å². The summed E-state index contributed by atoms with van der Waals surface area (Å²) in [5.74, 6) is 0. The zero-order valence-electron chi connectivity index (χ0n) is 12.9. The lowest BCUT2D eigenvalue weighted by molar-refractivity contribution is 0.827. The van der Waals surface area contributed by atoms with Crippen LogP contribution in [0.5, 0.6) is 0 Å². The van der Waals surface area contributed by atoms with E-state index in [0.29, 0.717) is 0 Å². The van der Waals surface area contributed by atoms with E-state index in [2.05, 4.69) is 62.6 Å². The molecule has 2 aromatic heterocycles. The first kappa shape index (κ1) is 12.9. The molecule has 0 N–H and O–H groups in total. The Hall–Kier alpha value is -1.80. The van der Waals surface area contributed by atoms with E-state index < -0.39 is 0 Å². The fraction of sp³-hybridized carbons (Fsp3) is 0.263. The molecule has 21 heavy (non-hydrogen) atoms. The monoisotopic (exact) mass is 293 g/mol. The molecule has 2 heteroatoms. The summed E-state index contributed by atoms with van der Waals surface area (Å²) in [4.78, 5) is 1.44. The van der Waals surface area contributed by atoms with Crippen LogP contribution in [0, 0.1) is 20.8 Å². The quantitative estimate of drug-likeness (QED) is 0.408. The number of nitrogens with zero attached hydrogens (tertiary/aromatic N) is 1. The van der Waals surface area contributed by atoms with Crippen molar-refractivity contribution in [2.24, 2.45) is 0 Å². The molecule has 2 aromatic carbocycles. The van der Waals surface area contributed by atoms with E-state index in [1.54, 1.807) is 0 Å². The fourth-order valence-electron chi connectivity index (χ4n) is 3.56. The van der Waals surface area contributed by atoms with E-state index in [-0.39, 0.29) is 0 Å². The Bertz CT molecular complexity index is 1000. The lowest BCUT2D eigenvalue weighted by Gasteiger charge is -2.05. The highest BCUT2D eigenvalue weighted by atomic mass is 32.1. The SMILES string of the molecule is CCn1c2ccccc2c2c(C)c3sc(C)c(C)c3cc21. The van der Waals surface area contributed by atoms with E-state index >= 15 is 0 Å². The molecule has 0 aliphatic rings. The van der Waals surface area contributed by atoms with Crippen LogP contribution >= 0.6 is 11.3 Å². The van der Waals surface area contributed by atoms with Gasteiger partial charge in [0, 0.05) is 32.4 Å². The minimum Gasteiger partial charge on any atom is -0.341 e. The zero-order valence-corrected chi connectivity index (χ0v) is 13.8. The van der Waals surface area contributed by atoms with Crippen molar-refractivity contribution >= 4 is 43.2 Å². The van der Waals surface area contributed by atoms with Gasteiger partial charge in [-0.15, -0.1) is 11.3 Å². The lowest BCUT2D eigenvalue weighted by atomic mass is 10.0. The lowest BCUT2D eigenvalue weighted by Crippen LogP contribution is -1.93. The highest BCUT2D eigenvalue weighted by molar-refractivity contribution is 7.19. The molecule has 106 valence electrons. The minimum absolute atomic E-state index is 1.01. The van der Waals surface area contributed by atoms with Gasteiger partial charge in [0.2, 0.25) is 0 Å². The van der Waals surface area contributed by atoms with Crippen molar-refractivity contribution in [3.05, 3.63) is 46.3 Å². The Labute approximate surface area is 128 Å². The van der Waals surface area contributed by atoms with Gasteiger partial charge < -0.3 is 4.57 Å². The summed E-state index contributed by atoms with van der Waals surface area (Å²) in [6, 6.07) is 11.2. The maximum absolute atomic E-state index is 2.45. The largest absolute Gasteiger partial charge is 0.341 e. The minimum atomic E-state index is 1.01. The van der Waals surface area contributed by atoms with Crippen LogP contribution in [0.25, 0.3) is 31.9 Å². The van der Waals surface area contributed by atoms with Crippen molar-refractivity contribution in [3.63, 3.8) is 0 Å². The second-order valence-corrected chi connectivity index (χ2v) is 7.04.